The van der Waals surface area contributed by atoms with Gasteiger partial charge in [0.25, 0.3) is 5.91 Å². The average molecular weight is 289 g/mol. The zero-order valence-corrected chi connectivity index (χ0v) is 13.4. The molecule has 4 heteroatoms. The van der Waals surface area contributed by atoms with E-state index in [4.69, 9.17) is 0 Å². The van der Waals surface area contributed by atoms with Gasteiger partial charge in [-0.1, -0.05) is 26.2 Å². The molecule has 1 aromatic heterocycles. The summed E-state index contributed by atoms with van der Waals surface area (Å²) in [6.07, 6.45) is 8.05. The quantitative estimate of drug-likeness (QED) is 0.873. The average Bonchev–Trinajstić information content (AvgIpc) is 2.52. The first kappa shape index (κ1) is 15.8. The second-order valence-corrected chi connectivity index (χ2v) is 6.13. The number of pyridine rings is 1. The Hall–Kier alpha value is -1.58. The Bertz CT molecular complexity index is 479. The van der Waals surface area contributed by atoms with Gasteiger partial charge in [-0.2, -0.15) is 0 Å². The standard InChI is InChI=1S/C17H27N3O/c1-4-13-5-7-14(8-6-13)10-20-17(21)15-11-19-12(2)9-16(15)18-3/h9,11,13-14H,4-8,10H2,1-3H3,(H,18,19)(H,20,21). The van der Waals surface area contributed by atoms with Gasteiger partial charge in [0.1, 0.15) is 0 Å². The van der Waals surface area contributed by atoms with E-state index < -0.39 is 0 Å². The van der Waals surface area contributed by atoms with E-state index in [1.165, 1.54) is 32.1 Å². The predicted molar refractivity (Wildman–Crippen MR) is 86.6 cm³/mol. The second kappa shape index (κ2) is 7.43. The zero-order chi connectivity index (χ0) is 15.2. The summed E-state index contributed by atoms with van der Waals surface area (Å²) < 4.78 is 0. The first-order valence-corrected chi connectivity index (χ1v) is 8.06. The van der Waals surface area contributed by atoms with Gasteiger partial charge >= 0.3 is 0 Å². The van der Waals surface area contributed by atoms with Crippen LogP contribution >= 0.6 is 0 Å². The Balaban J connectivity index is 1.88. The summed E-state index contributed by atoms with van der Waals surface area (Å²) in [5.74, 6) is 1.51. The molecule has 1 aromatic rings. The molecule has 1 saturated carbocycles. The summed E-state index contributed by atoms with van der Waals surface area (Å²) in [4.78, 5) is 16.5. The number of hydrogen-bond donors (Lipinski definition) is 2. The van der Waals surface area contributed by atoms with Crippen molar-refractivity contribution in [1.29, 1.82) is 0 Å². The van der Waals surface area contributed by atoms with Gasteiger partial charge in [0, 0.05) is 25.5 Å². The second-order valence-electron chi connectivity index (χ2n) is 6.13. The Labute approximate surface area is 127 Å². The molecule has 1 aliphatic carbocycles. The number of carbonyl (C=O) groups is 1. The van der Waals surface area contributed by atoms with Crippen molar-refractivity contribution in [2.24, 2.45) is 11.8 Å². The number of anilines is 1. The molecule has 0 spiro atoms. The lowest BCUT2D eigenvalue weighted by Gasteiger charge is -2.27. The lowest BCUT2D eigenvalue weighted by Crippen LogP contribution is -2.31. The lowest BCUT2D eigenvalue weighted by molar-refractivity contribution is 0.0941. The van der Waals surface area contributed by atoms with E-state index in [0.717, 1.165) is 23.8 Å². The van der Waals surface area contributed by atoms with E-state index in [9.17, 15) is 4.79 Å². The highest BCUT2D eigenvalue weighted by atomic mass is 16.1. The Morgan fingerprint density at radius 2 is 1.95 bits per heavy atom. The molecule has 0 saturated heterocycles. The summed E-state index contributed by atoms with van der Waals surface area (Å²) in [6, 6.07) is 1.90. The van der Waals surface area contributed by atoms with Crippen LogP contribution in [0.2, 0.25) is 0 Å². The largest absolute Gasteiger partial charge is 0.387 e. The third-order valence-electron chi connectivity index (χ3n) is 4.65. The van der Waals surface area contributed by atoms with Crippen LogP contribution in [0.5, 0.6) is 0 Å². The molecule has 1 fully saturated rings. The van der Waals surface area contributed by atoms with Crippen LogP contribution in [0.3, 0.4) is 0 Å². The number of rotatable bonds is 5. The fraction of sp³-hybridized carbons (Fsp3) is 0.647. The third kappa shape index (κ3) is 4.19. The van der Waals surface area contributed by atoms with Gasteiger partial charge in [-0.05, 0) is 37.7 Å². The summed E-state index contributed by atoms with van der Waals surface area (Å²) in [6.45, 7) is 4.98. The first-order chi connectivity index (χ1) is 10.1. The maximum atomic E-state index is 12.3. The highest BCUT2D eigenvalue weighted by Gasteiger charge is 2.21. The van der Waals surface area contributed by atoms with Crippen LogP contribution in [0.4, 0.5) is 5.69 Å². The van der Waals surface area contributed by atoms with E-state index in [1.807, 2.05) is 20.0 Å². The van der Waals surface area contributed by atoms with Gasteiger partial charge in [-0.15, -0.1) is 0 Å². The molecule has 0 aliphatic heterocycles. The molecule has 0 aromatic carbocycles. The van der Waals surface area contributed by atoms with Crippen LogP contribution in [0.1, 0.15) is 55.1 Å². The zero-order valence-electron chi connectivity index (χ0n) is 13.4. The molecule has 116 valence electrons. The predicted octanol–water partition coefficient (Wildman–Crippen LogP) is 3.38. The number of nitrogens with zero attached hydrogens (tertiary/aromatic N) is 1. The van der Waals surface area contributed by atoms with Gasteiger partial charge in [0.05, 0.1) is 11.3 Å². The molecule has 2 rings (SSSR count). The molecule has 0 atom stereocenters. The number of hydrogen-bond acceptors (Lipinski definition) is 3. The van der Waals surface area contributed by atoms with Crippen molar-refractivity contribution in [2.45, 2.75) is 46.0 Å². The van der Waals surface area contributed by atoms with Crippen molar-refractivity contribution < 1.29 is 4.79 Å². The molecule has 0 bridgehead atoms. The summed E-state index contributed by atoms with van der Waals surface area (Å²) in [5.41, 5.74) is 2.38. The molecule has 2 N–H and O–H groups in total. The van der Waals surface area contributed by atoms with Gasteiger partial charge in [0.2, 0.25) is 0 Å². The van der Waals surface area contributed by atoms with Crippen LogP contribution in [0.25, 0.3) is 0 Å². The van der Waals surface area contributed by atoms with Crippen LogP contribution in [-0.2, 0) is 0 Å². The number of aromatic nitrogens is 1. The van der Waals surface area contributed by atoms with Gasteiger partial charge in [0.15, 0.2) is 0 Å². The summed E-state index contributed by atoms with van der Waals surface area (Å²) in [5, 5.41) is 6.14. The summed E-state index contributed by atoms with van der Waals surface area (Å²) >= 11 is 0. The van der Waals surface area contributed by atoms with Crippen LogP contribution in [0, 0.1) is 18.8 Å². The van der Waals surface area contributed by atoms with Crippen LogP contribution in [-0.4, -0.2) is 24.5 Å². The Morgan fingerprint density at radius 1 is 1.29 bits per heavy atom. The summed E-state index contributed by atoms with van der Waals surface area (Å²) in [7, 11) is 1.83. The molecule has 0 unspecified atom stereocenters. The van der Waals surface area contributed by atoms with Crippen LogP contribution in [0.15, 0.2) is 12.3 Å². The fourth-order valence-corrected chi connectivity index (χ4v) is 3.12. The molecular formula is C17H27N3O. The number of amides is 1. The molecule has 1 aliphatic rings. The maximum absolute atomic E-state index is 12.3. The van der Waals surface area contributed by atoms with Crippen molar-refractivity contribution in [2.75, 3.05) is 18.9 Å². The molecule has 1 amide bonds. The van der Waals surface area contributed by atoms with Crippen molar-refractivity contribution in [1.82, 2.24) is 10.3 Å². The number of aryl methyl sites for hydroxylation is 1. The third-order valence-corrected chi connectivity index (χ3v) is 4.65. The van der Waals surface area contributed by atoms with Crippen molar-refractivity contribution >= 4 is 11.6 Å². The number of nitrogens with one attached hydrogen (secondary N) is 2. The molecule has 4 nitrogen and oxygen atoms in total. The van der Waals surface area contributed by atoms with E-state index in [2.05, 4.69) is 22.5 Å². The minimum absolute atomic E-state index is 0.0236. The van der Waals surface area contributed by atoms with Gasteiger partial charge in [-0.25, -0.2) is 0 Å². The molecule has 0 radical (unpaired) electrons. The highest BCUT2D eigenvalue weighted by molar-refractivity contribution is 5.99. The minimum atomic E-state index is -0.0236. The van der Waals surface area contributed by atoms with Crippen LogP contribution < -0.4 is 10.6 Å². The van der Waals surface area contributed by atoms with Gasteiger partial charge < -0.3 is 10.6 Å². The van der Waals surface area contributed by atoms with Crippen molar-refractivity contribution in [3.05, 3.63) is 23.5 Å². The molecule has 21 heavy (non-hydrogen) atoms. The van der Waals surface area contributed by atoms with E-state index in [1.54, 1.807) is 6.20 Å². The first-order valence-electron chi connectivity index (χ1n) is 8.06. The Kier molecular flexibility index (Phi) is 5.59. The van der Waals surface area contributed by atoms with Gasteiger partial charge in [-0.3, -0.25) is 9.78 Å². The SMILES string of the molecule is CCC1CCC(CNC(=O)c2cnc(C)cc2NC)CC1. The van der Waals surface area contributed by atoms with Crippen molar-refractivity contribution in [3.63, 3.8) is 0 Å². The molecular weight excluding hydrogens is 262 g/mol. The fourth-order valence-electron chi connectivity index (χ4n) is 3.12. The highest BCUT2D eigenvalue weighted by Crippen LogP contribution is 2.30. The topological polar surface area (TPSA) is 54.0 Å². The van der Waals surface area contributed by atoms with Crippen molar-refractivity contribution in [3.8, 4) is 0 Å². The number of carbonyl (C=O) groups excluding carboxylic acids is 1. The monoisotopic (exact) mass is 289 g/mol. The maximum Gasteiger partial charge on any atom is 0.254 e. The van der Waals surface area contributed by atoms with E-state index in [-0.39, 0.29) is 5.91 Å². The van der Waals surface area contributed by atoms with E-state index >= 15 is 0 Å². The van der Waals surface area contributed by atoms with E-state index in [0.29, 0.717) is 11.5 Å². The Morgan fingerprint density at radius 3 is 2.57 bits per heavy atom. The minimum Gasteiger partial charge on any atom is -0.387 e. The lowest BCUT2D eigenvalue weighted by atomic mass is 9.81. The molecule has 1 heterocycles. The normalized spacial score (nSPS) is 21.9. The smallest absolute Gasteiger partial charge is 0.254 e.